The van der Waals surface area contributed by atoms with Gasteiger partial charge in [-0.1, -0.05) is 26.0 Å². The fraction of sp³-hybridized carbons (Fsp3) is 0.629. The molecule has 3 aliphatic rings. The van der Waals surface area contributed by atoms with Gasteiger partial charge >= 0.3 is 6.09 Å². The van der Waals surface area contributed by atoms with Crippen LogP contribution in [-0.2, 0) is 26.1 Å². The maximum absolute atomic E-state index is 14.2. The molecule has 0 N–H and O–H groups in total. The topological polar surface area (TPSA) is 78.5 Å². The summed E-state index contributed by atoms with van der Waals surface area (Å²) < 4.78 is 25.0. The third-order valence-corrected chi connectivity index (χ3v) is 9.22. The van der Waals surface area contributed by atoms with Crippen LogP contribution in [0.5, 0.6) is 0 Å². The highest BCUT2D eigenvalue weighted by molar-refractivity contribution is 5.97. The molecule has 0 aliphatic carbocycles. The summed E-state index contributed by atoms with van der Waals surface area (Å²) in [7, 11) is 0. The maximum atomic E-state index is 14.2. The normalized spacial score (nSPS) is 25.7. The summed E-state index contributed by atoms with van der Waals surface area (Å²) in [6.07, 6.45) is 2.16. The molecule has 4 heterocycles. The first-order valence-electron chi connectivity index (χ1n) is 16.2. The van der Waals surface area contributed by atoms with Crippen LogP contribution in [0.15, 0.2) is 36.5 Å². The average molecular weight is 624 g/mol. The van der Waals surface area contributed by atoms with E-state index in [0.717, 1.165) is 29.1 Å². The van der Waals surface area contributed by atoms with Crippen LogP contribution < -0.4 is 4.90 Å². The summed E-state index contributed by atoms with van der Waals surface area (Å²) >= 11 is 0. The molecule has 1 aromatic carbocycles. The van der Waals surface area contributed by atoms with Gasteiger partial charge in [0.1, 0.15) is 11.4 Å². The molecule has 9 nitrogen and oxygen atoms in total. The van der Waals surface area contributed by atoms with Gasteiger partial charge in [-0.3, -0.25) is 19.6 Å². The number of morpholine rings is 1. The number of pyridine rings is 1. The van der Waals surface area contributed by atoms with Crippen molar-refractivity contribution in [1.29, 1.82) is 0 Å². The van der Waals surface area contributed by atoms with Gasteiger partial charge in [-0.15, -0.1) is 0 Å². The number of carbonyl (C=O) groups excluding carboxylic acids is 2. The van der Waals surface area contributed by atoms with Crippen molar-refractivity contribution in [2.24, 2.45) is 0 Å². The number of rotatable bonds is 6. The van der Waals surface area contributed by atoms with Crippen molar-refractivity contribution in [2.45, 2.75) is 97.0 Å². The lowest BCUT2D eigenvalue weighted by Crippen LogP contribution is -2.65. The lowest BCUT2D eigenvalue weighted by molar-refractivity contribution is -0.122. The minimum absolute atomic E-state index is 0.0218. The van der Waals surface area contributed by atoms with Gasteiger partial charge in [0.25, 0.3) is 0 Å². The van der Waals surface area contributed by atoms with Gasteiger partial charge in [0, 0.05) is 62.0 Å². The summed E-state index contributed by atoms with van der Waals surface area (Å²) in [5.41, 5.74) is 2.83. The van der Waals surface area contributed by atoms with Crippen LogP contribution in [-0.4, -0.2) is 107 Å². The smallest absolute Gasteiger partial charge is 0.410 e. The minimum Gasteiger partial charge on any atom is -0.444 e. The van der Waals surface area contributed by atoms with Gasteiger partial charge in [-0.2, -0.15) is 0 Å². The Morgan fingerprint density at radius 3 is 2.33 bits per heavy atom. The molecule has 3 aliphatic heterocycles. The van der Waals surface area contributed by atoms with Crippen LogP contribution in [0.4, 0.5) is 14.9 Å². The Balaban J connectivity index is 1.37. The van der Waals surface area contributed by atoms with Crippen LogP contribution in [0.3, 0.4) is 0 Å². The van der Waals surface area contributed by atoms with E-state index in [4.69, 9.17) is 14.5 Å². The van der Waals surface area contributed by atoms with E-state index in [2.05, 4.69) is 43.6 Å². The largest absolute Gasteiger partial charge is 0.444 e. The predicted molar refractivity (Wildman–Crippen MR) is 173 cm³/mol. The monoisotopic (exact) mass is 623 g/mol. The Bertz CT molecular complexity index is 1370. The van der Waals surface area contributed by atoms with Crippen LogP contribution in [0, 0.1) is 5.82 Å². The molecular formula is C35H50FN5O4. The SMILES string of the molecule is C[C@@H]1CN(CC(=O)N2CC(C)(C)c3ncc(Cc4ccc(F)cc4)cc32)[C@@H](CN2[C@H](C)COC[C@H]2C)CN1C(=O)OC(C)(C)C. The summed E-state index contributed by atoms with van der Waals surface area (Å²) in [4.78, 5) is 40.7. The Kier molecular flexibility index (Phi) is 9.59. The van der Waals surface area contributed by atoms with E-state index >= 15 is 0 Å². The number of nitrogens with zero attached hydrogens (tertiary/aromatic N) is 5. The molecule has 45 heavy (non-hydrogen) atoms. The number of benzene rings is 1. The van der Waals surface area contributed by atoms with Crippen LogP contribution in [0.1, 0.15) is 72.2 Å². The zero-order chi connectivity index (χ0) is 32.7. The van der Waals surface area contributed by atoms with Crippen molar-refractivity contribution in [3.63, 3.8) is 0 Å². The molecule has 10 heteroatoms. The third kappa shape index (κ3) is 7.67. The minimum atomic E-state index is -0.591. The highest BCUT2D eigenvalue weighted by Gasteiger charge is 2.43. The molecule has 2 amide bonds. The van der Waals surface area contributed by atoms with E-state index in [9.17, 15) is 14.0 Å². The molecule has 0 unspecified atom stereocenters. The number of hydrogen-bond acceptors (Lipinski definition) is 7. The number of halogens is 1. The summed E-state index contributed by atoms with van der Waals surface area (Å²) in [5.74, 6) is -0.241. The molecule has 1 aromatic heterocycles. The Labute approximate surface area is 267 Å². The van der Waals surface area contributed by atoms with Gasteiger partial charge in [0.05, 0.1) is 31.1 Å². The molecule has 2 saturated heterocycles. The zero-order valence-corrected chi connectivity index (χ0v) is 28.2. The Morgan fingerprint density at radius 1 is 1.02 bits per heavy atom. The molecule has 0 radical (unpaired) electrons. The fourth-order valence-corrected chi connectivity index (χ4v) is 6.88. The number of amides is 2. The van der Waals surface area contributed by atoms with Crippen LogP contribution in [0.2, 0.25) is 0 Å². The molecule has 0 spiro atoms. The van der Waals surface area contributed by atoms with Crippen LogP contribution >= 0.6 is 0 Å². The molecule has 4 atom stereocenters. The molecule has 0 saturated carbocycles. The van der Waals surface area contributed by atoms with Crippen molar-refractivity contribution in [3.05, 3.63) is 59.2 Å². The van der Waals surface area contributed by atoms with Gasteiger partial charge in [0.2, 0.25) is 5.91 Å². The number of piperazine rings is 1. The lowest BCUT2D eigenvalue weighted by Gasteiger charge is -2.48. The van der Waals surface area contributed by atoms with Crippen molar-refractivity contribution < 1.29 is 23.5 Å². The Hall–Kier alpha value is -3.08. The van der Waals surface area contributed by atoms with E-state index in [-0.39, 0.29) is 53.9 Å². The van der Waals surface area contributed by atoms with Gasteiger partial charge in [-0.25, -0.2) is 9.18 Å². The average Bonchev–Trinajstić information content (AvgIpc) is 3.22. The molecule has 2 aromatic rings. The second-order valence-electron chi connectivity index (χ2n) is 14.9. The summed E-state index contributed by atoms with van der Waals surface area (Å²) in [5, 5.41) is 0. The summed E-state index contributed by atoms with van der Waals surface area (Å²) in [6.45, 7) is 20.1. The van der Waals surface area contributed by atoms with Crippen molar-refractivity contribution in [3.8, 4) is 0 Å². The quantitative estimate of drug-likeness (QED) is 0.455. The number of carbonyl (C=O) groups is 2. The van der Waals surface area contributed by atoms with Crippen molar-refractivity contribution in [2.75, 3.05) is 50.8 Å². The predicted octanol–water partition coefficient (Wildman–Crippen LogP) is 4.85. The maximum Gasteiger partial charge on any atom is 0.410 e. The number of ether oxygens (including phenoxy) is 2. The second-order valence-corrected chi connectivity index (χ2v) is 14.9. The van der Waals surface area contributed by atoms with E-state index in [0.29, 0.717) is 39.3 Å². The van der Waals surface area contributed by atoms with Gasteiger partial charge in [0.15, 0.2) is 0 Å². The molecule has 0 bridgehead atoms. The molecule has 2 fully saturated rings. The van der Waals surface area contributed by atoms with Crippen molar-refractivity contribution >= 4 is 17.7 Å². The zero-order valence-electron chi connectivity index (χ0n) is 28.2. The number of aromatic nitrogens is 1. The lowest BCUT2D eigenvalue weighted by atomic mass is 9.91. The van der Waals surface area contributed by atoms with E-state index in [1.54, 1.807) is 12.1 Å². The number of anilines is 1. The first-order chi connectivity index (χ1) is 21.1. The fourth-order valence-electron chi connectivity index (χ4n) is 6.88. The highest BCUT2D eigenvalue weighted by Crippen LogP contribution is 2.40. The number of fused-ring (bicyclic) bond motifs is 1. The van der Waals surface area contributed by atoms with E-state index in [1.807, 2.05) is 43.7 Å². The first kappa shape index (κ1) is 33.3. The highest BCUT2D eigenvalue weighted by atomic mass is 19.1. The first-order valence-corrected chi connectivity index (χ1v) is 16.2. The Morgan fingerprint density at radius 2 is 1.69 bits per heavy atom. The molecule has 5 rings (SSSR count). The van der Waals surface area contributed by atoms with Crippen molar-refractivity contribution in [1.82, 2.24) is 19.7 Å². The second kappa shape index (κ2) is 13.0. The number of hydrogen-bond donors (Lipinski definition) is 0. The summed E-state index contributed by atoms with van der Waals surface area (Å²) in [6, 6.07) is 8.85. The molecular weight excluding hydrogens is 573 g/mol. The standard InChI is InChI=1S/C35H50FN5O4/c1-23-16-38(29(17-39-24(2)20-44-21-25(39)3)18-40(23)33(43)45-34(4,5)6)19-31(42)41-22-35(7,8)32-30(41)14-27(15-37-32)13-26-9-11-28(36)12-10-26/h9-12,14-15,23-25,29H,13,16-22H2,1-8H3/t23-,24-,25-,29+/m1/s1. The van der Waals surface area contributed by atoms with Gasteiger partial charge in [-0.05, 0) is 77.3 Å². The van der Waals surface area contributed by atoms with E-state index in [1.165, 1.54) is 12.1 Å². The van der Waals surface area contributed by atoms with E-state index < -0.39 is 5.60 Å². The third-order valence-electron chi connectivity index (χ3n) is 9.22. The molecule has 246 valence electrons. The van der Waals surface area contributed by atoms with Gasteiger partial charge < -0.3 is 19.3 Å². The van der Waals surface area contributed by atoms with Crippen LogP contribution in [0.25, 0.3) is 0 Å².